The van der Waals surface area contributed by atoms with Crippen molar-refractivity contribution in [3.8, 4) is 5.69 Å². The average molecular weight is 589 g/mol. The minimum absolute atomic E-state index is 0.224. The van der Waals surface area contributed by atoms with Gasteiger partial charge in [-0.15, -0.1) is 0 Å². The third kappa shape index (κ3) is 3.97. The van der Waals surface area contributed by atoms with E-state index < -0.39 is 5.92 Å². The van der Waals surface area contributed by atoms with Gasteiger partial charge in [-0.25, -0.2) is 0 Å². The number of fused-ring (bicyclic) bond motifs is 2. The van der Waals surface area contributed by atoms with Crippen LogP contribution >= 0.6 is 23.2 Å². The molecule has 7 rings (SSSR count). The quantitative estimate of drug-likeness (QED) is 0.214. The zero-order chi connectivity index (χ0) is 29.1. The summed E-state index contributed by atoms with van der Waals surface area (Å²) in [5.74, 6) is -1.38. The molecule has 1 atom stereocenters. The van der Waals surface area contributed by atoms with Crippen molar-refractivity contribution in [2.75, 3.05) is 4.90 Å². The summed E-state index contributed by atoms with van der Waals surface area (Å²) in [5, 5.41) is 0.951. The van der Waals surface area contributed by atoms with Crippen LogP contribution in [-0.4, -0.2) is 16.1 Å². The summed E-state index contributed by atoms with van der Waals surface area (Å²) in [4.78, 5) is 45.2. The number of aryl methyl sites for hydroxylation is 1. The molecular weight excluding hydrogens is 567 g/mol. The van der Waals surface area contributed by atoms with Crippen LogP contribution in [0.25, 0.3) is 5.69 Å². The van der Waals surface area contributed by atoms with Gasteiger partial charge in [0.15, 0.2) is 5.78 Å². The van der Waals surface area contributed by atoms with Crippen molar-refractivity contribution in [3.63, 3.8) is 0 Å². The molecule has 0 fully saturated rings. The number of benzene rings is 4. The Morgan fingerprint density at radius 3 is 1.90 bits per heavy atom. The fourth-order valence-corrected chi connectivity index (χ4v) is 6.49. The number of ketones is 2. The van der Waals surface area contributed by atoms with Crippen LogP contribution in [0, 0.1) is 6.92 Å². The topological polar surface area (TPSA) is 59.4 Å². The van der Waals surface area contributed by atoms with Gasteiger partial charge in [0.2, 0.25) is 5.78 Å². The molecule has 1 aliphatic carbocycles. The number of rotatable bonds is 3. The van der Waals surface area contributed by atoms with E-state index in [1.165, 1.54) is 0 Å². The number of anilines is 2. The molecule has 5 aromatic rings. The fourth-order valence-electron chi connectivity index (χ4n) is 6.12. The lowest BCUT2D eigenvalue weighted by Gasteiger charge is -2.40. The van der Waals surface area contributed by atoms with E-state index in [-0.39, 0.29) is 28.4 Å². The van der Waals surface area contributed by atoms with Gasteiger partial charge < -0.3 is 4.90 Å². The molecule has 0 bridgehead atoms. The molecule has 42 heavy (non-hydrogen) atoms. The predicted octanol–water partition coefficient (Wildman–Crippen LogP) is 8.07. The maximum absolute atomic E-state index is 14.7. The van der Waals surface area contributed by atoms with Crippen molar-refractivity contribution < 1.29 is 9.59 Å². The number of Topliss-reactive ketones (excluding diaryl/α,β-unsaturated/α-hetero) is 2. The highest BCUT2D eigenvalue weighted by Crippen LogP contribution is 2.50. The molecule has 4 aromatic carbocycles. The van der Waals surface area contributed by atoms with Crippen LogP contribution in [0.5, 0.6) is 0 Å². The first kappa shape index (κ1) is 26.2. The number of halogens is 2. The first-order chi connectivity index (χ1) is 20.3. The van der Waals surface area contributed by atoms with Crippen LogP contribution in [0.1, 0.15) is 43.5 Å². The van der Waals surface area contributed by atoms with E-state index in [1.54, 1.807) is 70.1 Å². The van der Waals surface area contributed by atoms with Crippen LogP contribution in [0.2, 0.25) is 10.0 Å². The second kappa shape index (κ2) is 9.98. The van der Waals surface area contributed by atoms with Gasteiger partial charge in [0.05, 0.1) is 16.9 Å². The van der Waals surface area contributed by atoms with E-state index in [0.717, 1.165) is 5.56 Å². The van der Waals surface area contributed by atoms with E-state index in [2.05, 4.69) is 0 Å². The predicted molar refractivity (Wildman–Crippen MR) is 166 cm³/mol. The normalized spacial score (nSPS) is 15.8. The number of nitrogens with zero attached hydrogens (tertiary/aromatic N) is 2. The third-order valence-electron chi connectivity index (χ3n) is 7.85. The van der Waals surface area contributed by atoms with E-state index in [1.807, 2.05) is 55.5 Å². The number of pyridine rings is 1. The lowest BCUT2D eigenvalue weighted by Crippen LogP contribution is -2.41. The molecular formula is C35H22Cl2N2O3. The van der Waals surface area contributed by atoms with E-state index in [9.17, 15) is 14.4 Å². The smallest absolute Gasteiger partial charge is 0.261 e. The highest BCUT2D eigenvalue weighted by molar-refractivity contribution is 6.32. The molecule has 0 N–H and O–H groups in total. The number of aromatic nitrogens is 1. The molecule has 0 amide bonds. The van der Waals surface area contributed by atoms with Gasteiger partial charge in [0.25, 0.3) is 5.56 Å². The molecule has 0 radical (unpaired) electrons. The van der Waals surface area contributed by atoms with Crippen molar-refractivity contribution >= 4 is 46.1 Å². The molecule has 204 valence electrons. The van der Waals surface area contributed by atoms with Gasteiger partial charge in [0, 0.05) is 44.0 Å². The molecule has 0 saturated carbocycles. The number of carbonyl (C=O) groups excluding carboxylic acids is 2. The van der Waals surface area contributed by atoms with Crippen molar-refractivity contribution in [2.45, 2.75) is 12.8 Å². The van der Waals surface area contributed by atoms with Crippen LogP contribution in [0.3, 0.4) is 0 Å². The van der Waals surface area contributed by atoms with Gasteiger partial charge >= 0.3 is 0 Å². The molecule has 1 aliphatic heterocycles. The van der Waals surface area contributed by atoms with E-state index in [4.69, 9.17) is 23.2 Å². The monoisotopic (exact) mass is 588 g/mol. The molecule has 0 saturated heterocycles. The zero-order valence-corrected chi connectivity index (χ0v) is 23.9. The van der Waals surface area contributed by atoms with E-state index in [0.29, 0.717) is 49.5 Å². The number of allylic oxidation sites excluding steroid dienone is 2. The maximum Gasteiger partial charge on any atom is 0.261 e. The molecule has 1 unspecified atom stereocenters. The van der Waals surface area contributed by atoms with Crippen LogP contribution < -0.4 is 10.5 Å². The Kier molecular flexibility index (Phi) is 6.23. The second-order valence-electron chi connectivity index (χ2n) is 10.3. The molecule has 2 aliphatic rings. The van der Waals surface area contributed by atoms with Gasteiger partial charge in [-0.05, 0) is 55.0 Å². The van der Waals surface area contributed by atoms with Crippen LogP contribution in [-0.2, 0) is 0 Å². The molecule has 5 nitrogen and oxygen atoms in total. The van der Waals surface area contributed by atoms with Gasteiger partial charge in [-0.3, -0.25) is 19.0 Å². The summed E-state index contributed by atoms with van der Waals surface area (Å²) in [7, 11) is 0. The zero-order valence-electron chi connectivity index (χ0n) is 22.3. The Morgan fingerprint density at radius 2 is 1.24 bits per heavy atom. The van der Waals surface area contributed by atoms with Crippen molar-refractivity contribution in [1.82, 2.24) is 4.57 Å². The molecule has 1 aromatic heterocycles. The Bertz CT molecular complexity index is 2050. The highest BCUT2D eigenvalue weighted by Gasteiger charge is 2.46. The average Bonchev–Trinajstić information content (AvgIpc) is 2.99. The largest absolute Gasteiger partial charge is 0.306 e. The lowest BCUT2D eigenvalue weighted by atomic mass is 9.73. The number of carbonyl (C=O) groups is 2. The Hall–Kier alpha value is -4.71. The van der Waals surface area contributed by atoms with Crippen LogP contribution in [0.4, 0.5) is 11.4 Å². The second-order valence-corrected chi connectivity index (χ2v) is 11.2. The van der Waals surface area contributed by atoms with Crippen LogP contribution in [0.15, 0.2) is 125 Å². The SMILES string of the molecule is Cc1cc2c(c(=O)n1-c1cccc(Cl)c1)C(c1ccccc1)C1=C(C(=O)c3ccccc3C1=O)N2c1cccc(Cl)c1. The standard InChI is InChI=1S/C35H22Cl2N2O3/c1-20-17-28-30(35(42)38(20)24-13-7-11-22(36)18-24)29(21-9-3-2-4-10-21)31-32(39(28)25-14-8-12-23(37)19-25)34(41)27-16-6-5-15-26(27)33(31)40/h2-19,29H,1H3. The highest BCUT2D eigenvalue weighted by atomic mass is 35.5. The molecule has 2 heterocycles. The van der Waals surface area contributed by atoms with Crippen molar-refractivity contribution in [2.24, 2.45) is 0 Å². The number of hydrogen-bond acceptors (Lipinski definition) is 4. The summed E-state index contributed by atoms with van der Waals surface area (Å²) in [6, 6.07) is 32.3. The van der Waals surface area contributed by atoms with Gasteiger partial charge in [-0.2, -0.15) is 0 Å². The lowest BCUT2D eigenvalue weighted by molar-refractivity contribution is 0.0968. The Balaban J connectivity index is 1.63. The molecule has 0 spiro atoms. The van der Waals surface area contributed by atoms with Gasteiger partial charge in [-0.1, -0.05) is 89.9 Å². The minimum atomic E-state index is -0.796. The minimum Gasteiger partial charge on any atom is -0.306 e. The third-order valence-corrected chi connectivity index (χ3v) is 8.32. The Labute approximate surface area is 251 Å². The summed E-state index contributed by atoms with van der Waals surface area (Å²) >= 11 is 12.8. The molecule has 7 heteroatoms. The van der Waals surface area contributed by atoms with Crippen molar-refractivity contribution in [3.05, 3.63) is 169 Å². The Morgan fingerprint density at radius 1 is 0.643 bits per heavy atom. The van der Waals surface area contributed by atoms with E-state index >= 15 is 0 Å². The van der Waals surface area contributed by atoms with Crippen molar-refractivity contribution in [1.29, 1.82) is 0 Å². The fraction of sp³-hybridized carbons (Fsp3) is 0.0571. The maximum atomic E-state index is 14.7. The summed E-state index contributed by atoms with van der Waals surface area (Å²) in [6.07, 6.45) is 0. The summed E-state index contributed by atoms with van der Waals surface area (Å²) in [5.41, 5.74) is 4.27. The summed E-state index contributed by atoms with van der Waals surface area (Å²) in [6.45, 7) is 1.84. The first-order valence-electron chi connectivity index (χ1n) is 13.4. The first-order valence-corrected chi connectivity index (χ1v) is 14.2. The van der Waals surface area contributed by atoms with Gasteiger partial charge in [0.1, 0.15) is 5.70 Å². The number of hydrogen-bond donors (Lipinski definition) is 0. The summed E-state index contributed by atoms with van der Waals surface area (Å²) < 4.78 is 1.60.